The molecule has 3 heterocycles. The highest BCUT2D eigenvalue weighted by atomic mass is 32.2. The molecule has 1 fully saturated rings. The van der Waals surface area contributed by atoms with Crippen LogP contribution in [0.3, 0.4) is 0 Å². The van der Waals surface area contributed by atoms with Crippen LogP contribution in [0.4, 0.5) is 0 Å². The van der Waals surface area contributed by atoms with E-state index in [9.17, 15) is 0 Å². The molecule has 0 bridgehead atoms. The summed E-state index contributed by atoms with van der Waals surface area (Å²) in [5.41, 5.74) is 5.14. The zero-order chi connectivity index (χ0) is 17.0. The lowest BCUT2D eigenvalue weighted by molar-refractivity contribution is 0.213. The number of pyridine rings is 1. The molecule has 0 saturated carbocycles. The highest BCUT2D eigenvalue weighted by Crippen LogP contribution is 2.48. The van der Waals surface area contributed by atoms with Crippen LogP contribution >= 0.6 is 11.8 Å². The van der Waals surface area contributed by atoms with Gasteiger partial charge in [0.15, 0.2) is 0 Å². The SMILES string of the molecule is Cc1cc2c([C@@H]3SC(=N)C4Cc5ccccc5CN43)cccc2cn1. The van der Waals surface area contributed by atoms with Crippen LogP contribution in [-0.2, 0) is 13.0 Å². The third kappa shape index (κ3) is 2.40. The highest BCUT2D eigenvalue weighted by Gasteiger charge is 2.42. The number of aryl methyl sites for hydroxylation is 1. The van der Waals surface area contributed by atoms with E-state index in [0.29, 0.717) is 0 Å². The smallest absolute Gasteiger partial charge is 0.0888 e. The van der Waals surface area contributed by atoms with Crippen molar-refractivity contribution in [1.29, 1.82) is 5.41 Å². The minimum atomic E-state index is 0.205. The van der Waals surface area contributed by atoms with E-state index in [-0.39, 0.29) is 11.4 Å². The number of aromatic nitrogens is 1. The molecule has 3 nitrogen and oxygen atoms in total. The monoisotopic (exact) mass is 345 g/mol. The molecule has 2 atom stereocenters. The lowest BCUT2D eigenvalue weighted by atomic mass is 9.93. The molecule has 1 N–H and O–H groups in total. The van der Waals surface area contributed by atoms with Gasteiger partial charge in [0.05, 0.1) is 16.5 Å². The van der Waals surface area contributed by atoms with Gasteiger partial charge in [-0.2, -0.15) is 0 Å². The molecule has 1 aromatic heterocycles. The molecule has 0 amide bonds. The van der Waals surface area contributed by atoms with Crippen molar-refractivity contribution >= 4 is 27.6 Å². The van der Waals surface area contributed by atoms with Crippen LogP contribution in [0.15, 0.2) is 54.7 Å². The predicted octanol–water partition coefficient (Wildman–Crippen LogP) is 4.69. The van der Waals surface area contributed by atoms with Crippen molar-refractivity contribution in [1.82, 2.24) is 9.88 Å². The molecule has 4 heteroatoms. The standard InChI is InChI=1S/C21H19N3S/c1-13-9-18-15(11-23-13)7-4-8-17(18)21-24-12-16-6-3-2-5-14(16)10-19(24)20(22)25-21/h2-9,11,19,21-22H,10,12H2,1H3/t19?,21-/m0/s1. The molecule has 3 aromatic rings. The summed E-state index contributed by atoms with van der Waals surface area (Å²) in [4.78, 5) is 6.94. The van der Waals surface area contributed by atoms with Crippen molar-refractivity contribution in [2.24, 2.45) is 0 Å². The zero-order valence-electron chi connectivity index (χ0n) is 14.1. The van der Waals surface area contributed by atoms with Gasteiger partial charge >= 0.3 is 0 Å². The van der Waals surface area contributed by atoms with E-state index in [4.69, 9.17) is 5.41 Å². The summed E-state index contributed by atoms with van der Waals surface area (Å²) in [6, 6.07) is 17.5. The van der Waals surface area contributed by atoms with E-state index in [1.807, 2.05) is 13.1 Å². The molecule has 0 spiro atoms. The van der Waals surface area contributed by atoms with Crippen LogP contribution in [0.25, 0.3) is 10.8 Å². The minimum Gasteiger partial charge on any atom is -0.297 e. The Morgan fingerprint density at radius 1 is 1.12 bits per heavy atom. The molecule has 1 saturated heterocycles. The van der Waals surface area contributed by atoms with Crippen LogP contribution in [0.5, 0.6) is 0 Å². The number of nitrogens with zero attached hydrogens (tertiary/aromatic N) is 2. The van der Waals surface area contributed by atoms with Gasteiger partial charge in [0.2, 0.25) is 0 Å². The highest BCUT2D eigenvalue weighted by molar-refractivity contribution is 8.14. The molecule has 2 aromatic carbocycles. The fraction of sp³-hybridized carbons (Fsp3) is 0.238. The van der Waals surface area contributed by atoms with E-state index in [1.54, 1.807) is 11.8 Å². The van der Waals surface area contributed by atoms with E-state index < -0.39 is 0 Å². The Labute approximate surface area is 151 Å². The van der Waals surface area contributed by atoms with Crippen LogP contribution in [-0.4, -0.2) is 21.0 Å². The van der Waals surface area contributed by atoms with Crippen LogP contribution in [0, 0.1) is 12.3 Å². The zero-order valence-corrected chi connectivity index (χ0v) is 14.9. The van der Waals surface area contributed by atoms with Gasteiger partial charge in [0, 0.05) is 23.8 Å². The number of hydrogen-bond acceptors (Lipinski definition) is 4. The normalized spacial score (nSPS) is 22.8. The first-order valence-corrected chi connectivity index (χ1v) is 9.51. The molecular weight excluding hydrogens is 326 g/mol. The third-order valence-corrected chi connectivity index (χ3v) is 6.60. The van der Waals surface area contributed by atoms with Crippen LogP contribution < -0.4 is 0 Å². The lowest BCUT2D eigenvalue weighted by Gasteiger charge is -2.34. The molecule has 0 aliphatic carbocycles. The van der Waals surface area contributed by atoms with Gasteiger partial charge in [0.1, 0.15) is 0 Å². The maximum absolute atomic E-state index is 8.55. The van der Waals surface area contributed by atoms with Crippen LogP contribution in [0.2, 0.25) is 0 Å². The molecule has 124 valence electrons. The summed E-state index contributed by atoms with van der Waals surface area (Å²) in [6.07, 6.45) is 2.91. The Kier molecular flexibility index (Phi) is 3.43. The summed E-state index contributed by atoms with van der Waals surface area (Å²) < 4.78 is 0. The van der Waals surface area contributed by atoms with Gasteiger partial charge in [-0.1, -0.05) is 54.2 Å². The lowest BCUT2D eigenvalue weighted by Crippen LogP contribution is -2.39. The van der Waals surface area contributed by atoms with E-state index >= 15 is 0 Å². The molecule has 1 unspecified atom stereocenters. The Hall–Kier alpha value is -2.17. The Bertz CT molecular complexity index is 997. The number of benzene rings is 2. The fourth-order valence-corrected chi connectivity index (χ4v) is 5.36. The van der Waals surface area contributed by atoms with Gasteiger partial charge in [-0.05, 0) is 41.5 Å². The second kappa shape index (κ2) is 5.68. The fourth-order valence-electron chi connectivity index (χ4n) is 4.06. The molecular formula is C21H19N3S. The molecule has 2 aliphatic heterocycles. The second-order valence-electron chi connectivity index (χ2n) is 6.89. The Balaban J connectivity index is 1.62. The summed E-state index contributed by atoms with van der Waals surface area (Å²) in [6.45, 7) is 2.96. The topological polar surface area (TPSA) is 40.0 Å². The molecule has 0 radical (unpaired) electrons. The third-order valence-electron chi connectivity index (χ3n) is 5.33. The number of hydrogen-bond donors (Lipinski definition) is 1. The predicted molar refractivity (Wildman–Crippen MR) is 104 cm³/mol. The molecule has 2 aliphatic rings. The largest absolute Gasteiger partial charge is 0.297 e. The number of rotatable bonds is 1. The average Bonchev–Trinajstić information content (AvgIpc) is 2.95. The van der Waals surface area contributed by atoms with Crippen molar-refractivity contribution < 1.29 is 0 Å². The van der Waals surface area contributed by atoms with Crippen molar-refractivity contribution in [3.63, 3.8) is 0 Å². The second-order valence-corrected chi connectivity index (χ2v) is 8.01. The Morgan fingerprint density at radius 2 is 1.96 bits per heavy atom. The van der Waals surface area contributed by atoms with E-state index in [2.05, 4.69) is 58.4 Å². The first-order valence-electron chi connectivity index (χ1n) is 8.63. The first kappa shape index (κ1) is 15.1. The van der Waals surface area contributed by atoms with Gasteiger partial charge in [-0.15, -0.1) is 0 Å². The summed E-state index contributed by atoms with van der Waals surface area (Å²) in [7, 11) is 0. The quantitative estimate of drug-likeness (QED) is 0.695. The average molecular weight is 345 g/mol. The maximum atomic E-state index is 8.55. The van der Waals surface area contributed by atoms with Crippen molar-refractivity contribution in [3.05, 3.63) is 77.1 Å². The molecule has 25 heavy (non-hydrogen) atoms. The van der Waals surface area contributed by atoms with Crippen LogP contribution in [0.1, 0.15) is 27.8 Å². The maximum Gasteiger partial charge on any atom is 0.0888 e. The number of thioether (sulfide) groups is 1. The Morgan fingerprint density at radius 3 is 2.84 bits per heavy atom. The van der Waals surface area contributed by atoms with Gasteiger partial charge in [-0.25, -0.2) is 0 Å². The van der Waals surface area contributed by atoms with E-state index in [1.165, 1.54) is 27.5 Å². The van der Waals surface area contributed by atoms with Gasteiger partial charge in [-0.3, -0.25) is 15.3 Å². The summed E-state index contributed by atoms with van der Waals surface area (Å²) in [5, 5.41) is 12.0. The number of nitrogens with one attached hydrogen (secondary N) is 1. The first-order chi connectivity index (χ1) is 12.2. The van der Waals surface area contributed by atoms with Crippen molar-refractivity contribution in [2.45, 2.75) is 31.3 Å². The van der Waals surface area contributed by atoms with Crippen molar-refractivity contribution in [2.75, 3.05) is 0 Å². The van der Waals surface area contributed by atoms with E-state index in [0.717, 1.165) is 23.7 Å². The van der Waals surface area contributed by atoms with Gasteiger partial charge in [0.25, 0.3) is 0 Å². The minimum absolute atomic E-state index is 0.205. The van der Waals surface area contributed by atoms with Crippen molar-refractivity contribution in [3.8, 4) is 0 Å². The molecule has 5 rings (SSSR count). The van der Waals surface area contributed by atoms with Gasteiger partial charge < -0.3 is 0 Å². The summed E-state index contributed by atoms with van der Waals surface area (Å²) in [5.74, 6) is 0. The summed E-state index contributed by atoms with van der Waals surface area (Å²) >= 11 is 1.70. The number of fused-ring (bicyclic) bond motifs is 3.